The third-order valence-corrected chi connectivity index (χ3v) is 4.54. The van der Waals surface area contributed by atoms with Crippen LogP contribution in [0.15, 0.2) is 61.3 Å². The number of ether oxygens (including phenoxy) is 1. The fourth-order valence-corrected chi connectivity index (χ4v) is 3.24. The van der Waals surface area contributed by atoms with Crippen molar-refractivity contribution in [2.75, 3.05) is 7.11 Å². The van der Waals surface area contributed by atoms with Crippen molar-refractivity contribution in [3.63, 3.8) is 0 Å². The number of imidazole rings is 1. The van der Waals surface area contributed by atoms with Gasteiger partial charge in [0, 0.05) is 46.2 Å². The van der Waals surface area contributed by atoms with E-state index in [4.69, 9.17) is 4.74 Å². The van der Waals surface area contributed by atoms with Crippen LogP contribution in [0.1, 0.15) is 0 Å². The molecule has 0 fully saturated rings. The van der Waals surface area contributed by atoms with E-state index in [-0.39, 0.29) is 0 Å². The van der Waals surface area contributed by atoms with E-state index in [1.807, 2.05) is 48.9 Å². The molecule has 0 radical (unpaired) electrons. The quantitative estimate of drug-likeness (QED) is 0.516. The van der Waals surface area contributed by atoms with Gasteiger partial charge in [-0.1, -0.05) is 18.2 Å². The second kappa shape index (κ2) is 5.70. The van der Waals surface area contributed by atoms with E-state index in [2.05, 4.69) is 31.0 Å². The molecule has 0 aliphatic carbocycles. The van der Waals surface area contributed by atoms with Gasteiger partial charge in [0.15, 0.2) is 5.65 Å². The minimum absolute atomic E-state index is 0.708. The number of pyridine rings is 2. The van der Waals surface area contributed by atoms with Crippen LogP contribution >= 0.6 is 0 Å². The average molecular weight is 341 g/mol. The maximum absolute atomic E-state index is 5.52. The first-order valence-corrected chi connectivity index (χ1v) is 8.23. The molecule has 6 heteroatoms. The number of hydrogen-bond acceptors (Lipinski definition) is 4. The summed E-state index contributed by atoms with van der Waals surface area (Å²) in [6.07, 6.45) is 7.29. The van der Waals surface area contributed by atoms with Gasteiger partial charge in [0.05, 0.1) is 19.0 Å². The Hall–Kier alpha value is -3.67. The molecule has 5 aromatic rings. The maximum Gasteiger partial charge on any atom is 0.177 e. The number of hydrogen-bond donors (Lipinski definition) is 2. The molecule has 0 unspecified atom stereocenters. The lowest BCUT2D eigenvalue weighted by molar-refractivity contribution is 0.416. The molecular weight excluding hydrogens is 326 g/mol. The van der Waals surface area contributed by atoms with Gasteiger partial charge in [0.25, 0.3) is 0 Å². The highest BCUT2D eigenvalue weighted by atomic mass is 16.5. The van der Waals surface area contributed by atoms with Crippen LogP contribution in [0.4, 0.5) is 0 Å². The highest BCUT2D eigenvalue weighted by Crippen LogP contribution is 2.36. The molecule has 26 heavy (non-hydrogen) atoms. The second-order valence-corrected chi connectivity index (χ2v) is 6.02. The summed E-state index contributed by atoms with van der Waals surface area (Å²) < 4.78 is 5.52. The largest absolute Gasteiger partial charge is 0.496 e. The summed E-state index contributed by atoms with van der Waals surface area (Å²) in [5.41, 5.74) is 6.52. The Bertz CT molecular complexity index is 1240. The van der Waals surface area contributed by atoms with Crippen molar-refractivity contribution < 1.29 is 4.74 Å². The molecule has 0 aliphatic rings. The van der Waals surface area contributed by atoms with Gasteiger partial charge >= 0.3 is 0 Å². The van der Waals surface area contributed by atoms with E-state index in [1.54, 1.807) is 13.4 Å². The lowest BCUT2D eigenvalue weighted by atomic mass is 10.0. The number of aromatic nitrogens is 5. The predicted octanol–water partition coefficient (Wildman–Crippen LogP) is 4.18. The van der Waals surface area contributed by atoms with Crippen LogP contribution in [0.25, 0.3) is 44.5 Å². The predicted molar refractivity (Wildman–Crippen MR) is 101 cm³/mol. The zero-order valence-corrected chi connectivity index (χ0v) is 14.0. The summed E-state index contributed by atoms with van der Waals surface area (Å²) in [7, 11) is 1.68. The molecule has 0 saturated carbocycles. The number of methoxy groups -OCH3 is 1. The molecule has 0 aliphatic heterocycles. The Balaban J connectivity index is 1.69. The van der Waals surface area contributed by atoms with Gasteiger partial charge in [-0.2, -0.15) is 0 Å². The summed E-state index contributed by atoms with van der Waals surface area (Å²) in [5, 5.41) is 1.04. The molecule has 2 N–H and O–H groups in total. The summed E-state index contributed by atoms with van der Waals surface area (Å²) >= 11 is 0. The Morgan fingerprint density at radius 3 is 2.65 bits per heavy atom. The molecular formula is C20H15N5O. The first-order valence-electron chi connectivity index (χ1n) is 8.23. The molecule has 1 aromatic carbocycles. The minimum Gasteiger partial charge on any atom is -0.496 e. The normalized spacial score (nSPS) is 11.3. The van der Waals surface area contributed by atoms with E-state index >= 15 is 0 Å². The van der Waals surface area contributed by atoms with Crippen molar-refractivity contribution in [2.45, 2.75) is 0 Å². The molecule has 4 aromatic heterocycles. The summed E-state index contributed by atoms with van der Waals surface area (Å²) in [6.45, 7) is 0. The number of benzene rings is 1. The third-order valence-electron chi connectivity index (χ3n) is 4.54. The topological polar surface area (TPSA) is 79.5 Å². The first kappa shape index (κ1) is 14.7. The smallest absolute Gasteiger partial charge is 0.177 e. The molecule has 0 saturated heterocycles. The van der Waals surface area contributed by atoms with Crippen molar-refractivity contribution in [3.05, 3.63) is 61.3 Å². The Morgan fingerprint density at radius 2 is 1.73 bits per heavy atom. The number of nitrogens with zero attached hydrogens (tertiary/aromatic N) is 3. The van der Waals surface area contributed by atoms with E-state index in [0.717, 1.165) is 44.6 Å². The molecule has 0 atom stereocenters. The van der Waals surface area contributed by atoms with Crippen molar-refractivity contribution >= 4 is 22.2 Å². The molecule has 5 rings (SSSR count). The minimum atomic E-state index is 0.708. The molecule has 126 valence electrons. The van der Waals surface area contributed by atoms with Gasteiger partial charge in [0.2, 0.25) is 0 Å². The fourth-order valence-electron chi connectivity index (χ4n) is 3.24. The van der Waals surface area contributed by atoms with E-state index < -0.39 is 0 Å². The summed E-state index contributed by atoms with van der Waals surface area (Å²) in [6, 6.07) is 12.1. The van der Waals surface area contributed by atoms with Crippen LogP contribution in [0, 0.1) is 0 Å². The Kier molecular flexibility index (Phi) is 3.21. The molecule has 0 spiro atoms. The summed E-state index contributed by atoms with van der Waals surface area (Å²) in [4.78, 5) is 19.5. The van der Waals surface area contributed by atoms with Crippen LogP contribution in [0.2, 0.25) is 0 Å². The van der Waals surface area contributed by atoms with E-state index in [9.17, 15) is 0 Å². The van der Waals surface area contributed by atoms with Gasteiger partial charge in [-0.3, -0.25) is 0 Å². The van der Waals surface area contributed by atoms with Crippen LogP contribution in [-0.4, -0.2) is 32.0 Å². The Labute approximate surface area is 148 Å². The number of aromatic amines is 2. The van der Waals surface area contributed by atoms with Crippen molar-refractivity contribution in [1.82, 2.24) is 24.9 Å². The van der Waals surface area contributed by atoms with E-state index in [1.165, 1.54) is 0 Å². The standard InChI is InChI=1S/C20H15N5O/c1-26-18-5-3-2-4-14(18)16-10-23-19-15(16)6-12(8-21-19)13-7-17-20(22-9-13)25-11-24-17/h2-11H,1H3,(H,21,23)(H,22,24,25). The fraction of sp³-hybridized carbons (Fsp3) is 0.0500. The summed E-state index contributed by atoms with van der Waals surface area (Å²) in [5.74, 6) is 0.833. The first-order chi connectivity index (χ1) is 12.8. The van der Waals surface area contributed by atoms with Crippen LogP contribution in [0.5, 0.6) is 5.75 Å². The molecule has 4 heterocycles. The molecule has 0 amide bonds. The van der Waals surface area contributed by atoms with Crippen LogP contribution < -0.4 is 4.74 Å². The van der Waals surface area contributed by atoms with Gasteiger partial charge in [0.1, 0.15) is 11.4 Å². The third kappa shape index (κ3) is 2.23. The van der Waals surface area contributed by atoms with Gasteiger partial charge in [-0.25, -0.2) is 15.0 Å². The van der Waals surface area contributed by atoms with Gasteiger partial charge in [-0.15, -0.1) is 0 Å². The van der Waals surface area contributed by atoms with E-state index in [0.29, 0.717) is 5.65 Å². The highest BCUT2D eigenvalue weighted by molar-refractivity contribution is 5.97. The second-order valence-electron chi connectivity index (χ2n) is 6.02. The lowest BCUT2D eigenvalue weighted by Gasteiger charge is -2.07. The average Bonchev–Trinajstić information content (AvgIpc) is 3.33. The van der Waals surface area contributed by atoms with Crippen LogP contribution in [0.3, 0.4) is 0 Å². The number of rotatable bonds is 3. The number of fused-ring (bicyclic) bond motifs is 2. The van der Waals surface area contributed by atoms with Gasteiger partial charge in [-0.05, 0) is 18.2 Å². The maximum atomic E-state index is 5.52. The number of H-pyrrole nitrogens is 2. The Morgan fingerprint density at radius 1 is 0.885 bits per heavy atom. The lowest BCUT2D eigenvalue weighted by Crippen LogP contribution is -1.87. The van der Waals surface area contributed by atoms with Gasteiger partial charge < -0.3 is 14.7 Å². The number of para-hydroxylation sites is 1. The number of nitrogens with one attached hydrogen (secondary N) is 2. The highest BCUT2D eigenvalue weighted by Gasteiger charge is 2.13. The van der Waals surface area contributed by atoms with Crippen molar-refractivity contribution in [1.29, 1.82) is 0 Å². The van der Waals surface area contributed by atoms with Crippen LogP contribution in [-0.2, 0) is 0 Å². The van der Waals surface area contributed by atoms with Crippen molar-refractivity contribution in [2.24, 2.45) is 0 Å². The van der Waals surface area contributed by atoms with Crippen molar-refractivity contribution in [3.8, 4) is 28.0 Å². The molecule has 0 bridgehead atoms. The zero-order chi connectivity index (χ0) is 17.5. The SMILES string of the molecule is COc1ccccc1-c1c[nH]c2ncc(-c3cnc4nc[nH]c4c3)cc12. The molecule has 6 nitrogen and oxygen atoms in total. The monoisotopic (exact) mass is 341 g/mol. The zero-order valence-electron chi connectivity index (χ0n) is 14.0.